The molecule has 0 aliphatic heterocycles. The molecule has 1 heterocycles. The highest BCUT2D eigenvalue weighted by atomic mass is 19.1. The van der Waals surface area contributed by atoms with Crippen molar-refractivity contribution in [3.05, 3.63) is 124 Å². The molecule has 4 aromatic rings. The maximum Gasteiger partial charge on any atom is 0.267 e. The van der Waals surface area contributed by atoms with Gasteiger partial charge in [-0.2, -0.15) is 5.10 Å². The van der Waals surface area contributed by atoms with E-state index in [9.17, 15) is 14.0 Å². The topological polar surface area (TPSA) is 55.2 Å². The van der Waals surface area contributed by atoms with Gasteiger partial charge in [0.05, 0.1) is 5.69 Å². The van der Waals surface area contributed by atoms with E-state index in [4.69, 9.17) is 0 Å². The van der Waals surface area contributed by atoms with E-state index in [1.807, 2.05) is 60.7 Å². The second kappa shape index (κ2) is 10.5. The van der Waals surface area contributed by atoms with Gasteiger partial charge in [-0.1, -0.05) is 60.7 Å². The molecular weight excluding hydrogens is 417 g/mol. The molecule has 4 rings (SSSR count). The Hall–Kier alpha value is -4.06. The van der Waals surface area contributed by atoms with Crippen LogP contribution in [0.25, 0.3) is 11.3 Å². The quantitative estimate of drug-likeness (QED) is 0.409. The summed E-state index contributed by atoms with van der Waals surface area (Å²) in [6.07, 6.45) is 0.706. The van der Waals surface area contributed by atoms with E-state index in [1.165, 1.54) is 22.9 Å². The zero-order chi connectivity index (χ0) is 23.0. The van der Waals surface area contributed by atoms with E-state index in [0.29, 0.717) is 30.8 Å². The third-order valence-electron chi connectivity index (χ3n) is 5.37. The number of halogens is 1. The fourth-order valence-corrected chi connectivity index (χ4v) is 3.57. The van der Waals surface area contributed by atoms with E-state index in [-0.39, 0.29) is 23.8 Å². The molecule has 1 amide bonds. The van der Waals surface area contributed by atoms with Gasteiger partial charge in [0.15, 0.2) is 0 Å². The summed E-state index contributed by atoms with van der Waals surface area (Å²) in [6.45, 7) is 0.790. The molecule has 0 spiro atoms. The van der Waals surface area contributed by atoms with E-state index in [0.717, 1.165) is 11.1 Å². The second-order valence-corrected chi connectivity index (χ2v) is 7.76. The summed E-state index contributed by atoms with van der Waals surface area (Å²) >= 11 is 0. The first-order valence-electron chi connectivity index (χ1n) is 10.8. The Labute approximate surface area is 191 Å². The SMILES string of the molecule is O=C(Cn1nc(-c2ccc(F)cc2)ccc1=O)N(CCc1ccccc1)Cc1ccccc1. The molecule has 0 fully saturated rings. The van der Waals surface area contributed by atoms with Crippen LogP contribution < -0.4 is 5.56 Å². The van der Waals surface area contributed by atoms with Crippen LogP contribution in [0, 0.1) is 5.82 Å². The van der Waals surface area contributed by atoms with E-state index < -0.39 is 0 Å². The number of amides is 1. The molecule has 0 unspecified atom stereocenters. The van der Waals surface area contributed by atoms with Gasteiger partial charge < -0.3 is 4.90 Å². The first-order valence-corrected chi connectivity index (χ1v) is 10.8. The molecule has 0 atom stereocenters. The number of benzene rings is 3. The van der Waals surface area contributed by atoms with Gasteiger partial charge in [-0.3, -0.25) is 9.59 Å². The summed E-state index contributed by atoms with van der Waals surface area (Å²) in [7, 11) is 0. The minimum absolute atomic E-state index is 0.171. The van der Waals surface area contributed by atoms with Crippen molar-refractivity contribution < 1.29 is 9.18 Å². The van der Waals surface area contributed by atoms with Crippen molar-refractivity contribution in [3.63, 3.8) is 0 Å². The summed E-state index contributed by atoms with van der Waals surface area (Å²) in [5, 5.41) is 4.35. The van der Waals surface area contributed by atoms with Gasteiger partial charge in [-0.05, 0) is 47.9 Å². The first-order chi connectivity index (χ1) is 16.1. The summed E-state index contributed by atoms with van der Waals surface area (Å²) in [4.78, 5) is 27.4. The molecule has 0 N–H and O–H groups in total. The molecule has 0 saturated heterocycles. The second-order valence-electron chi connectivity index (χ2n) is 7.76. The van der Waals surface area contributed by atoms with Crippen molar-refractivity contribution in [1.29, 1.82) is 0 Å². The molecule has 0 aliphatic rings. The van der Waals surface area contributed by atoms with Crippen LogP contribution in [0.3, 0.4) is 0 Å². The fourth-order valence-electron chi connectivity index (χ4n) is 3.57. The Morgan fingerprint density at radius 3 is 2.12 bits per heavy atom. The highest BCUT2D eigenvalue weighted by Gasteiger charge is 2.16. The minimum atomic E-state index is -0.364. The van der Waals surface area contributed by atoms with Gasteiger partial charge in [0.25, 0.3) is 5.56 Å². The smallest absolute Gasteiger partial charge is 0.267 e. The van der Waals surface area contributed by atoms with Gasteiger partial charge in [-0.15, -0.1) is 0 Å². The van der Waals surface area contributed by atoms with Crippen LogP contribution in [0.15, 0.2) is 102 Å². The highest BCUT2D eigenvalue weighted by molar-refractivity contribution is 5.76. The lowest BCUT2D eigenvalue weighted by molar-refractivity contribution is -0.132. The Kier molecular flexibility index (Phi) is 7.05. The fraction of sp³-hybridized carbons (Fsp3) is 0.148. The molecule has 0 radical (unpaired) electrons. The molecule has 33 heavy (non-hydrogen) atoms. The molecule has 1 aromatic heterocycles. The van der Waals surface area contributed by atoms with Crippen molar-refractivity contribution in [2.75, 3.05) is 6.54 Å². The summed E-state index contributed by atoms with van der Waals surface area (Å²) < 4.78 is 14.4. The predicted octanol–water partition coefficient (Wildman–Crippen LogP) is 4.32. The number of carbonyl (C=O) groups excluding carboxylic acids is 1. The van der Waals surface area contributed by atoms with Crippen LogP contribution in [0.1, 0.15) is 11.1 Å². The van der Waals surface area contributed by atoms with Crippen LogP contribution in [-0.4, -0.2) is 27.1 Å². The van der Waals surface area contributed by atoms with Crippen molar-refractivity contribution in [1.82, 2.24) is 14.7 Å². The molecular formula is C27H24FN3O2. The number of hydrogen-bond acceptors (Lipinski definition) is 3. The summed E-state index contributed by atoms with van der Waals surface area (Å²) in [6, 6.07) is 28.5. The minimum Gasteiger partial charge on any atom is -0.336 e. The van der Waals surface area contributed by atoms with Crippen LogP contribution in [0.5, 0.6) is 0 Å². The number of hydrogen-bond donors (Lipinski definition) is 0. The lowest BCUT2D eigenvalue weighted by Gasteiger charge is -2.23. The zero-order valence-corrected chi connectivity index (χ0v) is 18.1. The largest absolute Gasteiger partial charge is 0.336 e. The van der Waals surface area contributed by atoms with Crippen molar-refractivity contribution in [2.24, 2.45) is 0 Å². The highest BCUT2D eigenvalue weighted by Crippen LogP contribution is 2.16. The number of rotatable bonds is 8. The Balaban J connectivity index is 1.54. The van der Waals surface area contributed by atoms with Gasteiger partial charge >= 0.3 is 0 Å². The molecule has 0 aliphatic carbocycles. The van der Waals surface area contributed by atoms with Crippen molar-refractivity contribution >= 4 is 5.91 Å². The van der Waals surface area contributed by atoms with Crippen LogP contribution >= 0.6 is 0 Å². The average Bonchev–Trinajstić information content (AvgIpc) is 2.85. The molecule has 3 aromatic carbocycles. The third-order valence-corrected chi connectivity index (χ3v) is 5.37. The standard InChI is InChI=1S/C27H24FN3O2/c28-24-13-11-23(12-14-24)25-15-16-26(32)31(29-25)20-27(33)30(19-22-9-5-2-6-10-22)18-17-21-7-3-1-4-8-21/h1-16H,17-20H2. The average molecular weight is 442 g/mol. The zero-order valence-electron chi connectivity index (χ0n) is 18.1. The Bertz CT molecular complexity index is 1260. The Morgan fingerprint density at radius 2 is 1.45 bits per heavy atom. The number of aromatic nitrogens is 2. The van der Waals surface area contributed by atoms with E-state index >= 15 is 0 Å². The molecule has 5 nitrogen and oxygen atoms in total. The molecule has 6 heteroatoms. The molecule has 0 bridgehead atoms. The van der Waals surface area contributed by atoms with Crippen LogP contribution in [-0.2, 0) is 24.3 Å². The van der Waals surface area contributed by atoms with Crippen molar-refractivity contribution in [3.8, 4) is 11.3 Å². The molecule has 166 valence electrons. The van der Waals surface area contributed by atoms with E-state index in [1.54, 1.807) is 23.1 Å². The molecule has 0 saturated carbocycles. The van der Waals surface area contributed by atoms with Crippen LogP contribution in [0.2, 0.25) is 0 Å². The van der Waals surface area contributed by atoms with E-state index in [2.05, 4.69) is 5.10 Å². The predicted molar refractivity (Wildman–Crippen MR) is 126 cm³/mol. The summed E-state index contributed by atoms with van der Waals surface area (Å²) in [5.74, 6) is -0.544. The lowest BCUT2D eigenvalue weighted by atomic mass is 10.1. The lowest BCUT2D eigenvalue weighted by Crippen LogP contribution is -2.38. The number of nitrogens with zero attached hydrogens (tertiary/aromatic N) is 3. The van der Waals surface area contributed by atoms with Gasteiger partial charge in [0.1, 0.15) is 12.4 Å². The van der Waals surface area contributed by atoms with Crippen molar-refractivity contribution in [2.45, 2.75) is 19.5 Å². The monoisotopic (exact) mass is 441 g/mol. The number of carbonyl (C=O) groups is 1. The first kappa shape index (κ1) is 22.1. The maximum absolute atomic E-state index is 13.3. The van der Waals surface area contributed by atoms with Gasteiger partial charge in [-0.25, -0.2) is 9.07 Å². The van der Waals surface area contributed by atoms with Crippen LogP contribution in [0.4, 0.5) is 4.39 Å². The van der Waals surface area contributed by atoms with Gasteiger partial charge in [0.2, 0.25) is 5.91 Å². The maximum atomic E-state index is 13.3. The Morgan fingerprint density at radius 1 is 0.818 bits per heavy atom. The summed E-state index contributed by atoms with van der Waals surface area (Å²) in [5.41, 5.74) is 2.96. The van der Waals surface area contributed by atoms with Gasteiger partial charge in [0, 0.05) is 24.7 Å². The third kappa shape index (κ3) is 6.01. The normalized spacial score (nSPS) is 10.7.